The summed E-state index contributed by atoms with van der Waals surface area (Å²) in [7, 11) is 0. The highest BCUT2D eigenvalue weighted by molar-refractivity contribution is 7.14. The average molecular weight is 263 g/mol. The Hall–Kier alpha value is -1.66. The van der Waals surface area contributed by atoms with Crippen molar-refractivity contribution in [1.82, 2.24) is 10.2 Å². The molecule has 0 radical (unpaired) electrons. The third kappa shape index (κ3) is 2.16. The lowest BCUT2D eigenvalue weighted by Crippen LogP contribution is -1.97. The number of hydrogen-bond donors (Lipinski definition) is 1. The van der Waals surface area contributed by atoms with Crippen molar-refractivity contribution < 1.29 is 9.47 Å². The summed E-state index contributed by atoms with van der Waals surface area (Å²) in [4.78, 5) is 0. The minimum Gasteiger partial charge on any atom is -0.490 e. The summed E-state index contributed by atoms with van der Waals surface area (Å²) in [5.74, 6) is 1.56. The summed E-state index contributed by atoms with van der Waals surface area (Å²) in [5.41, 5.74) is 6.52. The zero-order valence-electron chi connectivity index (χ0n) is 9.76. The van der Waals surface area contributed by atoms with Gasteiger partial charge in [0, 0.05) is 18.5 Å². The second kappa shape index (κ2) is 4.91. The smallest absolute Gasteiger partial charge is 0.161 e. The van der Waals surface area contributed by atoms with E-state index in [9.17, 15) is 0 Å². The van der Waals surface area contributed by atoms with E-state index in [0.29, 0.717) is 19.8 Å². The van der Waals surface area contributed by atoms with E-state index in [2.05, 4.69) is 10.2 Å². The van der Waals surface area contributed by atoms with Crippen molar-refractivity contribution in [2.24, 2.45) is 5.73 Å². The van der Waals surface area contributed by atoms with Crippen LogP contribution in [-0.4, -0.2) is 23.4 Å². The van der Waals surface area contributed by atoms with Gasteiger partial charge in [0.1, 0.15) is 10.0 Å². The lowest BCUT2D eigenvalue weighted by molar-refractivity contribution is 0.297. The Balaban J connectivity index is 1.95. The van der Waals surface area contributed by atoms with Crippen molar-refractivity contribution in [1.29, 1.82) is 0 Å². The van der Waals surface area contributed by atoms with E-state index >= 15 is 0 Å². The molecule has 2 aromatic rings. The minimum atomic E-state index is 0.419. The molecule has 3 rings (SSSR count). The van der Waals surface area contributed by atoms with E-state index < -0.39 is 0 Å². The van der Waals surface area contributed by atoms with Gasteiger partial charge < -0.3 is 15.2 Å². The first-order valence-electron chi connectivity index (χ1n) is 5.79. The third-order valence-corrected chi connectivity index (χ3v) is 3.63. The number of nitrogens with zero attached hydrogens (tertiary/aromatic N) is 2. The summed E-state index contributed by atoms with van der Waals surface area (Å²) in [5, 5.41) is 9.82. The van der Waals surface area contributed by atoms with Crippen LogP contribution in [0.2, 0.25) is 0 Å². The minimum absolute atomic E-state index is 0.419. The quantitative estimate of drug-likeness (QED) is 0.895. The fourth-order valence-electron chi connectivity index (χ4n) is 1.75. The molecule has 6 heteroatoms. The molecule has 0 aliphatic carbocycles. The number of fused-ring (bicyclic) bond motifs is 1. The fourth-order valence-corrected chi connectivity index (χ4v) is 2.46. The summed E-state index contributed by atoms with van der Waals surface area (Å²) < 4.78 is 11.2. The number of hydrogen-bond acceptors (Lipinski definition) is 6. The number of nitrogens with two attached hydrogens (primary N) is 1. The molecule has 0 spiro atoms. The van der Waals surface area contributed by atoms with Gasteiger partial charge in [-0.1, -0.05) is 11.3 Å². The van der Waals surface area contributed by atoms with Crippen molar-refractivity contribution in [3.05, 3.63) is 23.2 Å². The maximum atomic E-state index is 5.65. The third-order valence-electron chi connectivity index (χ3n) is 2.64. The van der Waals surface area contributed by atoms with Crippen molar-refractivity contribution in [2.75, 3.05) is 13.2 Å². The summed E-state index contributed by atoms with van der Waals surface area (Å²) in [6.07, 6.45) is 0.903. The van der Waals surface area contributed by atoms with E-state index in [1.165, 1.54) is 11.3 Å². The Labute approximate surface area is 109 Å². The fraction of sp³-hybridized carbons (Fsp3) is 0.333. The molecule has 0 fully saturated rings. The van der Waals surface area contributed by atoms with E-state index in [1.54, 1.807) is 0 Å². The summed E-state index contributed by atoms with van der Waals surface area (Å²) in [6, 6.07) is 5.83. The van der Waals surface area contributed by atoms with E-state index in [1.807, 2.05) is 18.2 Å². The van der Waals surface area contributed by atoms with Crippen LogP contribution in [-0.2, 0) is 6.54 Å². The largest absolute Gasteiger partial charge is 0.490 e. The lowest BCUT2D eigenvalue weighted by atomic mass is 10.2. The Kier molecular flexibility index (Phi) is 3.12. The Morgan fingerprint density at radius 3 is 2.78 bits per heavy atom. The van der Waals surface area contributed by atoms with Gasteiger partial charge >= 0.3 is 0 Å². The first-order valence-corrected chi connectivity index (χ1v) is 6.61. The van der Waals surface area contributed by atoms with Crippen molar-refractivity contribution in [2.45, 2.75) is 13.0 Å². The molecule has 1 aliphatic rings. The molecule has 0 unspecified atom stereocenters. The normalized spacial score (nSPS) is 14.3. The highest BCUT2D eigenvalue weighted by atomic mass is 32.1. The molecule has 5 nitrogen and oxygen atoms in total. The van der Waals surface area contributed by atoms with Crippen LogP contribution in [0.4, 0.5) is 0 Å². The highest BCUT2D eigenvalue weighted by Gasteiger charge is 2.13. The zero-order valence-corrected chi connectivity index (χ0v) is 10.6. The summed E-state index contributed by atoms with van der Waals surface area (Å²) >= 11 is 1.50. The van der Waals surface area contributed by atoms with Gasteiger partial charge in [-0.25, -0.2) is 0 Å². The molecule has 2 heterocycles. The van der Waals surface area contributed by atoms with E-state index in [4.69, 9.17) is 15.2 Å². The van der Waals surface area contributed by atoms with Crippen LogP contribution in [0.25, 0.3) is 10.6 Å². The van der Waals surface area contributed by atoms with Crippen molar-refractivity contribution in [3.63, 3.8) is 0 Å². The van der Waals surface area contributed by atoms with Gasteiger partial charge in [-0.05, 0) is 18.2 Å². The molecule has 94 valence electrons. The molecular weight excluding hydrogens is 250 g/mol. The Morgan fingerprint density at radius 2 is 2.00 bits per heavy atom. The van der Waals surface area contributed by atoms with Crippen molar-refractivity contribution in [3.8, 4) is 22.1 Å². The number of ether oxygens (including phenoxy) is 2. The Bertz CT molecular complexity index is 556. The molecule has 0 saturated carbocycles. The Morgan fingerprint density at radius 1 is 1.17 bits per heavy atom. The lowest BCUT2D eigenvalue weighted by Gasteiger charge is -2.07. The van der Waals surface area contributed by atoms with Crippen LogP contribution in [0.3, 0.4) is 0 Å². The van der Waals surface area contributed by atoms with Gasteiger partial charge in [0.15, 0.2) is 11.5 Å². The molecule has 0 saturated heterocycles. The predicted octanol–water partition coefficient (Wildman–Crippen LogP) is 1.83. The molecule has 0 atom stereocenters. The van der Waals surface area contributed by atoms with Crippen molar-refractivity contribution >= 4 is 11.3 Å². The van der Waals surface area contributed by atoms with Crippen LogP contribution >= 0.6 is 11.3 Å². The predicted molar refractivity (Wildman–Crippen MR) is 68.8 cm³/mol. The summed E-state index contributed by atoms with van der Waals surface area (Å²) in [6.45, 7) is 1.80. The number of rotatable bonds is 2. The van der Waals surface area contributed by atoms with Gasteiger partial charge in [-0.3, -0.25) is 0 Å². The van der Waals surface area contributed by atoms with Crippen LogP contribution in [0, 0.1) is 0 Å². The molecular formula is C12H13N3O2S. The number of aromatic nitrogens is 2. The highest BCUT2D eigenvalue weighted by Crippen LogP contribution is 2.34. The molecule has 2 N–H and O–H groups in total. The molecule has 1 aromatic heterocycles. The second-order valence-electron chi connectivity index (χ2n) is 3.92. The number of benzene rings is 1. The zero-order chi connectivity index (χ0) is 12.4. The molecule has 18 heavy (non-hydrogen) atoms. The monoisotopic (exact) mass is 263 g/mol. The maximum absolute atomic E-state index is 5.65. The molecule has 0 bridgehead atoms. The van der Waals surface area contributed by atoms with Crippen LogP contribution < -0.4 is 15.2 Å². The molecule has 1 aliphatic heterocycles. The van der Waals surface area contributed by atoms with E-state index in [-0.39, 0.29) is 0 Å². The first kappa shape index (κ1) is 11.4. The van der Waals surface area contributed by atoms with Crippen LogP contribution in [0.15, 0.2) is 18.2 Å². The van der Waals surface area contributed by atoms with Gasteiger partial charge in [0.05, 0.1) is 13.2 Å². The van der Waals surface area contributed by atoms with Crippen LogP contribution in [0.5, 0.6) is 11.5 Å². The SMILES string of the molecule is NCc1nnc(-c2ccc3c(c2)OCCCO3)s1. The molecule has 0 amide bonds. The topological polar surface area (TPSA) is 70.3 Å². The van der Waals surface area contributed by atoms with Gasteiger partial charge in [-0.15, -0.1) is 10.2 Å². The van der Waals surface area contributed by atoms with Gasteiger partial charge in [0.2, 0.25) is 0 Å². The standard InChI is InChI=1S/C12H13N3O2S/c13-7-11-14-15-12(18-11)8-2-3-9-10(6-8)17-5-1-4-16-9/h2-3,6H,1,4-5,7,13H2. The molecule has 1 aromatic carbocycles. The van der Waals surface area contributed by atoms with E-state index in [0.717, 1.165) is 33.5 Å². The van der Waals surface area contributed by atoms with Gasteiger partial charge in [0.25, 0.3) is 0 Å². The maximum Gasteiger partial charge on any atom is 0.161 e. The van der Waals surface area contributed by atoms with Crippen LogP contribution in [0.1, 0.15) is 11.4 Å². The first-order chi connectivity index (χ1) is 8.86. The van der Waals surface area contributed by atoms with Gasteiger partial charge in [-0.2, -0.15) is 0 Å². The average Bonchev–Trinajstić information content (AvgIpc) is 2.76. The second-order valence-corrected chi connectivity index (χ2v) is 4.98.